The Labute approximate surface area is 322 Å². The van der Waals surface area contributed by atoms with Crippen molar-refractivity contribution in [2.45, 2.75) is 70.4 Å². The van der Waals surface area contributed by atoms with Gasteiger partial charge in [0.05, 0.1) is 52.2 Å². The molecule has 1 atom stereocenters. The van der Waals surface area contributed by atoms with Crippen molar-refractivity contribution in [2.24, 2.45) is 7.05 Å². The van der Waals surface area contributed by atoms with E-state index in [2.05, 4.69) is 30.8 Å². The Bertz CT molecular complexity index is 1760. The number of aromatic nitrogens is 5. The Morgan fingerprint density at radius 3 is 2.36 bits per heavy atom. The van der Waals surface area contributed by atoms with Crippen LogP contribution in [0.3, 0.4) is 0 Å². The molecule has 296 valence electrons. The molecule has 0 fully saturated rings. The third-order valence-electron chi connectivity index (χ3n) is 9.05. The number of unbranched alkanes of at least 4 members (excludes halogenated alkanes) is 5. The molecule has 2 aromatic heterocycles. The van der Waals surface area contributed by atoms with Crippen molar-refractivity contribution in [3.63, 3.8) is 0 Å². The van der Waals surface area contributed by atoms with E-state index in [1.165, 1.54) is 6.33 Å². The SMILES string of the molecule is Cn1c(CNc2cccc(C(=O)N[C@H]3CCOc4ccc(OCCCCCCOCCOCCOCCCCCC(=O)O)cc43)c2)nnc1-c1ccncn1. The van der Waals surface area contributed by atoms with Crippen LogP contribution >= 0.6 is 0 Å². The van der Waals surface area contributed by atoms with Gasteiger partial charge in [-0.2, -0.15) is 0 Å². The molecule has 0 aliphatic carbocycles. The number of carbonyl (C=O) groups excluding carboxylic acids is 1. The van der Waals surface area contributed by atoms with E-state index in [-0.39, 0.29) is 18.4 Å². The van der Waals surface area contributed by atoms with E-state index in [1.54, 1.807) is 18.3 Å². The number of benzene rings is 2. The molecule has 5 rings (SSSR count). The molecule has 3 heterocycles. The number of anilines is 1. The molecule has 3 N–H and O–H groups in total. The number of carboxylic acid groups (broad SMARTS) is 1. The minimum Gasteiger partial charge on any atom is -0.494 e. The first-order chi connectivity index (χ1) is 27.0. The number of aliphatic carboxylic acids is 1. The molecular weight excluding hydrogens is 706 g/mol. The lowest BCUT2D eigenvalue weighted by atomic mass is 9.99. The number of amides is 1. The Kier molecular flexibility index (Phi) is 17.1. The highest BCUT2D eigenvalue weighted by Gasteiger charge is 2.24. The van der Waals surface area contributed by atoms with Crippen molar-refractivity contribution in [1.82, 2.24) is 30.0 Å². The van der Waals surface area contributed by atoms with Crippen LogP contribution in [0.4, 0.5) is 5.69 Å². The summed E-state index contributed by atoms with van der Waals surface area (Å²) in [5, 5.41) is 23.8. The summed E-state index contributed by atoms with van der Waals surface area (Å²) in [7, 11) is 1.89. The van der Waals surface area contributed by atoms with E-state index in [0.717, 1.165) is 67.1 Å². The van der Waals surface area contributed by atoms with Gasteiger partial charge in [-0.3, -0.25) is 9.59 Å². The van der Waals surface area contributed by atoms with Crippen LogP contribution < -0.4 is 20.1 Å². The van der Waals surface area contributed by atoms with Crippen LogP contribution in [0.25, 0.3) is 11.5 Å². The molecule has 0 spiro atoms. The van der Waals surface area contributed by atoms with Gasteiger partial charge in [0.1, 0.15) is 23.5 Å². The van der Waals surface area contributed by atoms with Crippen LogP contribution in [-0.4, -0.2) is 94.6 Å². The number of rotatable bonds is 26. The van der Waals surface area contributed by atoms with Gasteiger partial charge in [-0.15, -0.1) is 10.2 Å². The van der Waals surface area contributed by atoms with Crippen molar-refractivity contribution >= 4 is 17.6 Å². The second kappa shape index (κ2) is 22.9. The molecule has 2 aromatic carbocycles. The van der Waals surface area contributed by atoms with Gasteiger partial charge in [-0.05, 0) is 74.6 Å². The van der Waals surface area contributed by atoms with Crippen LogP contribution in [0.2, 0.25) is 0 Å². The maximum Gasteiger partial charge on any atom is 0.303 e. The molecular formula is C40H53N7O8. The average Bonchev–Trinajstić information content (AvgIpc) is 3.58. The number of nitrogens with zero attached hydrogens (tertiary/aromatic N) is 5. The second-order valence-corrected chi connectivity index (χ2v) is 13.2. The zero-order chi connectivity index (χ0) is 38.5. The first-order valence-electron chi connectivity index (χ1n) is 19.1. The highest BCUT2D eigenvalue weighted by Crippen LogP contribution is 2.35. The first kappa shape index (κ1) is 41.1. The first-order valence-corrected chi connectivity index (χ1v) is 19.1. The molecule has 0 bridgehead atoms. The predicted molar refractivity (Wildman–Crippen MR) is 205 cm³/mol. The van der Waals surface area contributed by atoms with Gasteiger partial charge in [-0.1, -0.05) is 18.9 Å². The lowest BCUT2D eigenvalue weighted by molar-refractivity contribution is -0.137. The zero-order valence-corrected chi connectivity index (χ0v) is 31.6. The van der Waals surface area contributed by atoms with Crippen LogP contribution in [0.15, 0.2) is 61.1 Å². The topological polar surface area (TPSA) is 181 Å². The van der Waals surface area contributed by atoms with Crippen molar-refractivity contribution in [1.29, 1.82) is 0 Å². The van der Waals surface area contributed by atoms with Crippen LogP contribution in [0, 0.1) is 0 Å². The highest BCUT2D eigenvalue weighted by atomic mass is 16.5. The fourth-order valence-corrected chi connectivity index (χ4v) is 6.02. The fourth-order valence-electron chi connectivity index (χ4n) is 6.02. The van der Waals surface area contributed by atoms with Gasteiger partial charge in [0, 0.05) is 56.1 Å². The van der Waals surface area contributed by atoms with Gasteiger partial charge < -0.3 is 44.0 Å². The molecule has 0 unspecified atom stereocenters. The smallest absolute Gasteiger partial charge is 0.303 e. The van der Waals surface area contributed by atoms with Crippen LogP contribution in [0.5, 0.6) is 11.5 Å². The molecule has 15 heteroatoms. The number of fused-ring (bicyclic) bond motifs is 1. The number of hydrogen-bond donors (Lipinski definition) is 3. The minimum absolute atomic E-state index is 0.168. The van der Waals surface area contributed by atoms with Crippen LogP contribution in [0.1, 0.15) is 85.6 Å². The Balaban J connectivity index is 0.946. The second-order valence-electron chi connectivity index (χ2n) is 13.2. The fraction of sp³-hybridized carbons (Fsp3) is 0.500. The number of ether oxygens (including phenoxy) is 5. The van der Waals surface area contributed by atoms with E-state index in [4.69, 9.17) is 28.8 Å². The van der Waals surface area contributed by atoms with E-state index in [9.17, 15) is 9.59 Å². The third-order valence-corrected chi connectivity index (χ3v) is 9.05. The Morgan fingerprint density at radius 1 is 0.873 bits per heavy atom. The summed E-state index contributed by atoms with van der Waals surface area (Å²) >= 11 is 0. The molecule has 0 saturated heterocycles. The summed E-state index contributed by atoms with van der Waals surface area (Å²) in [5.41, 5.74) is 2.94. The summed E-state index contributed by atoms with van der Waals surface area (Å²) in [6.07, 6.45) is 10.4. The van der Waals surface area contributed by atoms with Gasteiger partial charge in [0.15, 0.2) is 11.6 Å². The standard InChI is InChI=1S/C40H53N7O8/c1-47-37(45-46-39(47)35-15-17-41-29-43-35)28-42-31-11-9-10-30(26-31)40(50)44-34-16-21-55-36-14-13-32(27-33(34)36)54-20-8-3-2-6-18-51-22-24-53-25-23-52-19-7-4-5-12-38(48)49/h9-11,13-15,17,26-27,29,34,42H,2-8,12,16,18-25,28H2,1H3,(H,44,50)(H,48,49)/t34-/m0/s1. The zero-order valence-electron chi connectivity index (χ0n) is 31.6. The third kappa shape index (κ3) is 13.9. The van der Waals surface area contributed by atoms with Gasteiger partial charge in [-0.25, -0.2) is 9.97 Å². The van der Waals surface area contributed by atoms with Crippen LogP contribution in [-0.2, 0) is 32.6 Å². The Morgan fingerprint density at radius 2 is 1.62 bits per heavy atom. The van der Waals surface area contributed by atoms with Gasteiger partial charge in [0.2, 0.25) is 0 Å². The summed E-state index contributed by atoms with van der Waals surface area (Å²) in [5.74, 6) is 1.97. The highest BCUT2D eigenvalue weighted by molar-refractivity contribution is 5.95. The maximum absolute atomic E-state index is 13.4. The molecule has 55 heavy (non-hydrogen) atoms. The van der Waals surface area contributed by atoms with Crippen molar-refractivity contribution in [3.05, 3.63) is 78.0 Å². The summed E-state index contributed by atoms with van der Waals surface area (Å²) < 4.78 is 30.6. The summed E-state index contributed by atoms with van der Waals surface area (Å²) in [6.45, 7) is 5.02. The quantitative estimate of drug-likeness (QED) is 0.0657. The molecule has 1 aliphatic rings. The van der Waals surface area contributed by atoms with Crippen molar-refractivity contribution in [3.8, 4) is 23.0 Å². The molecule has 0 saturated carbocycles. The Hall–Kier alpha value is -5.12. The molecule has 4 aromatic rings. The molecule has 0 radical (unpaired) electrons. The average molecular weight is 760 g/mol. The van der Waals surface area contributed by atoms with E-state index in [0.29, 0.717) is 89.3 Å². The normalized spacial score (nSPS) is 13.5. The van der Waals surface area contributed by atoms with E-state index < -0.39 is 5.97 Å². The number of carboxylic acids is 1. The van der Waals surface area contributed by atoms with E-state index >= 15 is 0 Å². The molecule has 1 amide bonds. The van der Waals surface area contributed by atoms with E-state index in [1.807, 2.05) is 48.0 Å². The lowest BCUT2D eigenvalue weighted by Crippen LogP contribution is -2.32. The largest absolute Gasteiger partial charge is 0.494 e. The maximum atomic E-state index is 13.4. The van der Waals surface area contributed by atoms with Gasteiger partial charge in [0.25, 0.3) is 5.91 Å². The monoisotopic (exact) mass is 759 g/mol. The number of nitrogens with one attached hydrogen (secondary N) is 2. The predicted octanol–water partition coefficient (Wildman–Crippen LogP) is 5.77. The lowest BCUT2D eigenvalue weighted by Gasteiger charge is -2.27. The number of hydrogen-bond acceptors (Lipinski definition) is 12. The summed E-state index contributed by atoms with van der Waals surface area (Å²) in [6, 6.07) is 14.8. The van der Waals surface area contributed by atoms with Crippen molar-refractivity contribution < 1.29 is 38.4 Å². The molecule has 15 nitrogen and oxygen atoms in total. The molecule has 1 aliphatic heterocycles. The summed E-state index contributed by atoms with van der Waals surface area (Å²) in [4.78, 5) is 32.1. The van der Waals surface area contributed by atoms with Gasteiger partial charge >= 0.3 is 5.97 Å². The minimum atomic E-state index is -0.749. The van der Waals surface area contributed by atoms with Crippen molar-refractivity contribution in [2.75, 3.05) is 58.2 Å². The number of carbonyl (C=O) groups is 2.